The number of pyridine rings is 1. The fourth-order valence-electron chi connectivity index (χ4n) is 4.33. The van der Waals surface area contributed by atoms with Crippen molar-refractivity contribution in [1.29, 1.82) is 0 Å². The zero-order chi connectivity index (χ0) is 27.5. The van der Waals surface area contributed by atoms with Crippen LogP contribution in [-0.4, -0.2) is 59.4 Å². The number of nitrogens with zero attached hydrogens (tertiary/aromatic N) is 6. The number of alkyl halides is 3. The number of aliphatic hydroxyl groups excluding tert-OH is 1. The van der Waals surface area contributed by atoms with Crippen LogP contribution in [0.1, 0.15) is 17.6 Å². The number of hydrogen-bond donors (Lipinski definition) is 3. The van der Waals surface area contributed by atoms with Crippen molar-refractivity contribution in [2.75, 3.05) is 23.8 Å². The van der Waals surface area contributed by atoms with E-state index in [1.54, 1.807) is 12.1 Å². The number of carbonyl (C=O) groups excluding carboxylic acids is 1. The minimum Gasteiger partial charge on any atom is -0.382 e. The lowest BCUT2D eigenvalue weighted by Gasteiger charge is -2.32. The molecule has 0 spiro atoms. The summed E-state index contributed by atoms with van der Waals surface area (Å²) in [6, 6.07) is 6.91. The molecule has 2 atom stereocenters. The first-order valence-electron chi connectivity index (χ1n) is 11.4. The van der Waals surface area contributed by atoms with Crippen molar-refractivity contribution in [3.05, 3.63) is 64.6 Å². The lowest BCUT2D eigenvalue weighted by molar-refractivity contribution is -0.143. The summed E-state index contributed by atoms with van der Waals surface area (Å²) in [5.74, 6) is -0.422. The number of nitrogen functional groups attached to an aromatic ring is 1. The molecule has 4 aromatic heterocycles. The van der Waals surface area contributed by atoms with Crippen LogP contribution in [0.4, 0.5) is 24.8 Å². The van der Waals surface area contributed by atoms with Gasteiger partial charge < -0.3 is 20.6 Å². The summed E-state index contributed by atoms with van der Waals surface area (Å²) in [6.07, 6.45) is -5.28. The maximum Gasteiger partial charge on any atom is 0.433 e. The van der Waals surface area contributed by atoms with E-state index in [9.17, 15) is 27.9 Å². The molecule has 12 nitrogen and oxygen atoms in total. The molecule has 6 rings (SSSR count). The van der Waals surface area contributed by atoms with E-state index in [2.05, 4.69) is 24.4 Å². The predicted molar refractivity (Wildman–Crippen MR) is 133 cm³/mol. The Labute approximate surface area is 219 Å². The second-order valence-corrected chi connectivity index (χ2v) is 9.37. The lowest BCUT2D eigenvalue weighted by Crippen LogP contribution is -2.50. The quantitative estimate of drug-likeness (QED) is 0.300. The van der Waals surface area contributed by atoms with Crippen LogP contribution in [0.5, 0.6) is 0 Å². The first kappa shape index (κ1) is 24.9. The molecule has 1 aliphatic heterocycles. The Bertz CT molecular complexity index is 1800. The first-order chi connectivity index (χ1) is 18.6. The molecule has 16 heteroatoms. The summed E-state index contributed by atoms with van der Waals surface area (Å²) >= 11 is 1.05. The average molecular weight is 559 g/mol. The van der Waals surface area contributed by atoms with Gasteiger partial charge in [-0.05, 0) is 35.8 Å². The number of benzene rings is 1. The number of halogens is 3. The van der Waals surface area contributed by atoms with Crippen LogP contribution in [0.15, 0.2) is 47.5 Å². The fourth-order valence-corrected chi connectivity index (χ4v) is 5.18. The highest BCUT2D eigenvalue weighted by molar-refractivity contribution is 7.14. The van der Waals surface area contributed by atoms with Gasteiger partial charge in [0.1, 0.15) is 23.4 Å². The highest BCUT2D eigenvalue weighted by Gasteiger charge is 2.39. The maximum atomic E-state index is 13.3. The van der Waals surface area contributed by atoms with Gasteiger partial charge in [0, 0.05) is 23.8 Å². The van der Waals surface area contributed by atoms with Gasteiger partial charge in [-0.3, -0.25) is 19.5 Å². The van der Waals surface area contributed by atoms with Crippen LogP contribution in [0.25, 0.3) is 26.7 Å². The van der Waals surface area contributed by atoms with Crippen molar-refractivity contribution in [3.8, 4) is 5.69 Å². The topological polar surface area (TPSA) is 165 Å². The number of aromatic amines is 1. The highest BCUT2D eigenvalue weighted by Crippen LogP contribution is 2.31. The normalized spacial score (nSPS) is 17.3. The van der Waals surface area contributed by atoms with Crippen molar-refractivity contribution in [2.24, 2.45) is 0 Å². The Kier molecular flexibility index (Phi) is 5.81. The SMILES string of the molecule is Nc1nsc2c1ccc1[nH]c([C@H](O)[C@H]3OCCN(c4ccn(-c5ccnc(C(F)(F)F)c5)n4)C3=O)nc(=O)c12. The molecule has 5 heterocycles. The van der Waals surface area contributed by atoms with Gasteiger partial charge >= 0.3 is 6.18 Å². The van der Waals surface area contributed by atoms with Crippen molar-refractivity contribution in [1.82, 2.24) is 29.1 Å². The molecule has 0 saturated carbocycles. The molecule has 1 aliphatic rings. The number of aromatic nitrogens is 6. The third-order valence-corrected chi connectivity index (χ3v) is 7.10. The second kappa shape index (κ2) is 9.11. The van der Waals surface area contributed by atoms with Crippen molar-refractivity contribution >= 4 is 50.1 Å². The van der Waals surface area contributed by atoms with E-state index in [0.29, 0.717) is 15.6 Å². The Morgan fingerprint density at radius 2 is 2.05 bits per heavy atom. The van der Waals surface area contributed by atoms with Crippen LogP contribution in [0.2, 0.25) is 0 Å². The minimum absolute atomic E-state index is 0.0202. The van der Waals surface area contributed by atoms with E-state index in [-0.39, 0.29) is 41.7 Å². The molecular weight excluding hydrogens is 541 g/mol. The first-order valence-corrected chi connectivity index (χ1v) is 12.2. The fraction of sp³-hybridized carbons (Fsp3) is 0.217. The third kappa shape index (κ3) is 4.27. The third-order valence-electron chi connectivity index (χ3n) is 6.21. The van der Waals surface area contributed by atoms with Gasteiger partial charge in [0.05, 0.1) is 34.4 Å². The number of fused-ring (bicyclic) bond motifs is 3. The molecule has 1 fully saturated rings. The monoisotopic (exact) mass is 558 g/mol. The summed E-state index contributed by atoms with van der Waals surface area (Å²) in [5.41, 5.74) is 4.58. The second-order valence-electron chi connectivity index (χ2n) is 8.60. The number of anilines is 2. The Morgan fingerprint density at radius 1 is 1.23 bits per heavy atom. The number of morpholine rings is 1. The van der Waals surface area contributed by atoms with Crippen molar-refractivity contribution in [3.63, 3.8) is 0 Å². The lowest BCUT2D eigenvalue weighted by atomic mass is 10.1. The zero-order valence-electron chi connectivity index (χ0n) is 19.6. The van der Waals surface area contributed by atoms with E-state index < -0.39 is 35.5 Å². The van der Waals surface area contributed by atoms with E-state index in [0.717, 1.165) is 23.8 Å². The number of rotatable bonds is 4. The van der Waals surface area contributed by atoms with Gasteiger partial charge in [-0.2, -0.15) is 22.5 Å². The molecule has 1 amide bonds. The van der Waals surface area contributed by atoms with Gasteiger partial charge in [0.2, 0.25) is 0 Å². The number of amides is 1. The molecule has 0 bridgehead atoms. The minimum atomic E-state index is -4.63. The van der Waals surface area contributed by atoms with Crippen LogP contribution in [-0.2, 0) is 15.7 Å². The molecule has 39 heavy (non-hydrogen) atoms. The summed E-state index contributed by atoms with van der Waals surface area (Å²) < 4.78 is 50.5. The van der Waals surface area contributed by atoms with Crippen LogP contribution >= 0.6 is 11.5 Å². The summed E-state index contributed by atoms with van der Waals surface area (Å²) in [5, 5.41) is 16.1. The molecular formula is C23H17F3N8O4S. The number of H-pyrrole nitrogens is 1. The maximum absolute atomic E-state index is 13.3. The summed E-state index contributed by atoms with van der Waals surface area (Å²) in [7, 11) is 0. The smallest absolute Gasteiger partial charge is 0.382 e. The number of hydrogen-bond acceptors (Lipinski definition) is 10. The molecule has 200 valence electrons. The van der Waals surface area contributed by atoms with Gasteiger partial charge in [0.15, 0.2) is 11.9 Å². The van der Waals surface area contributed by atoms with Crippen molar-refractivity contribution in [2.45, 2.75) is 18.4 Å². The predicted octanol–water partition coefficient (Wildman–Crippen LogP) is 2.18. The number of carbonyl (C=O) groups is 1. The largest absolute Gasteiger partial charge is 0.433 e. The van der Waals surface area contributed by atoms with Gasteiger partial charge in [-0.1, -0.05) is 0 Å². The van der Waals surface area contributed by atoms with Crippen LogP contribution < -0.4 is 16.2 Å². The Balaban J connectivity index is 1.28. The Morgan fingerprint density at radius 3 is 2.85 bits per heavy atom. The molecule has 0 unspecified atom stereocenters. The number of aliphatic hydroxyl groups is 1. The van der Waals surface area contributed by atoms with E-state index >= 15 is 0 Å². The Hall–Kier alpha value is -4.41. The molecule has 5 aromatic rings. The molecule has 1 saturated heterocycles. The van der Waals surface area contributed by atoms with Crippen LogP contribution in [0.3, 0.4) is 0 Å². The standard InChI is InChI=1S/C23H17F3N8O4S/c24-23(25,26)13-9-10(3-5-28-13)34-6-4-14(31-34)33-7-8-38-17(22(33)37)16(35)20-29-12-2-1-11-18(39-32-19(11)27)15(12)21(36)30-20/h1-6,9,16-17,35H,7-8H2,(H2,27,32)(H,29,30,36)/t16-,17-/m1/s1. The van der Waals surface area contributed by atoms with Crippen molar-refractivity contribution < 1.29 is 27.8 Å². The molecule has 0 aliphatic carbocycles. The average Bonchev–Trinajstić information content (AvgIpc) is 3.55. The molecule has 1 aromatic carbocycles. The van der Waals surface area contributed by atoms with Gasteiger partial charge in [-0.15, -0.1) is 5.10 Å². The van der Waals surface area contributed by atoms with Gasteiger partial charge in [0.25, 0.3) is 11.5 Å². The number of ether oxygens (including phenoxy) is 1. The van der Waals surface area contributed by atoms with E-state index in [1.807, 2.05) is 0 Å². The van der Waals surface area contributed by atoms with E-state index in [1.165, 1.54) is 27.9 Å². The summed E-state index contributed by atoms with van der Waals surface area (Å²) in [6.45, 7) is 0.0993. The molecule has 4 N–H and O–H groups in total. The highest BCUT2D eigenvalue weighted by atomic mass is 32.1. The molecule has 0 radical (unpaired) electrons. The number of nitrogens with two attached hydrogens (primary N) is 1. The summed E-state index contributed by atoms with van der Waals surface area (Å²) in [4.78, 5) is 37.6. The zero-order valence-corrected chi connectivity index (χ0v) is 20.4. The van der Waals surface area contributed by atoms with Crippen LogP contribution in [0, 0.1) is 0 Å². The number of nitrogens with one attached hydrogen (secondary N) is 1. The van der Waals surface area contributed by atoms with E-state index in [4.69, 9.17) is 10.5 Å². The van der Waals surface area contributed by atoms with Gasteiger partial charge in [-0.25, -0.2) is 4.68 Å².